The number of H-pyrrole nitrogens is 1. The fraction of sp³-hybridized carbons (Fsp3) is 0.158. The summed E-state index contributed by atoms with van der Waals surface area (Å²) in [6.07, 6.45) is 4.35. The molecule has 0 atom stereocenters. The summed E-state index contributed by atoms with van der Waals surface area (Å²) in [5, 5.41) is 12.9. The van der Waals surface area contributed by atoms with Crippen molar-refractivity contribution in [2.45, 2.75) is 19.8 Å². The van der Waals surface area contributed by atoms with Gasteiger partial charge in [-0.15, -0.1) is 0 Å². The van der Waals surface area contributed by atoms with E-state index in [4.69, 9.17) is 16.3 Å². The molecule has 0 saturated carbocycles. The van der Waals surface area contributed by atoms with Crippen LogP contribution in [0.1, 0.15) is 19.8 Å². The van der Waals surface area contributed by atoms with Gasteiger partial charge in [-0.05, 0) is 30.7 Å². The van der Waals surface area contributed by atoms with Crippen LogP contribution in [-0.4, -0.2) is 26.1 Å². The van der Waals surface area contributed by atoms with Crippen LogP contribution in [0.25, 0.3) is 22.2 Å². The van der Waals surface area contributed by atoms with Crippen molar-refractivity contribution in [3.63, 3.8) is 0 Å². The lowest BCUT2D eigenvalue weighted by Crippen LogP contribution is -2.05. The van der Waals surface area contributed by atoms with E-state index in [2.05, 4.69) is 25.5 Å². The van der Waals surface area contributed by atoms with Gasteiger partial charge in [0.25, 0.3) is 0 Å². The van der Waals surface area contributed by atoms with Crippen molar-refractivity contribution >= 4 is 50.8 Å². The number of anilines is 2. The molecular formula is C19H16ClN5O2S. The van der Waals surface area contributed by atoms with E-state index in [9.17, 15) is 4.79 Å². The first kappa shape index (κ1) is 18.4. The molecule has 0 saturated heterocycles. The van der Waals surface area contributed by atoms with Gasteiger partial charge in [-0.3, -0.25) is 14.9 Å². The number of ether oxygens (including phenoxy) is 1. The highest BCUT2D eigenvalue weighted by molar-refractivity contribution is 7.17. The molecule has 3 heterocycles. The Bertz CT molecular complexity index is 1140. The highest BCUT2D eigenvalue weighted by atomic mass is 35.5. The summed E-state index contributed by atoms with van der Waals surface area (Å²) in [6, 6.07) is 9.42. The molecule has 0 bridgehead atoms. The zero-order chi connectivity index (χ0) is 19.5. The molecule has 0 aliphatic carbocycles. The second kappa shape index (κ2) is 7.95. The maximum atomic E-state index is 11.6. The summed E-state index contributed by atoms with van der Waals surface area (Å²) in [7, 11) is 0. The molecule has 142 valence electrons. The maximum absolute atomic E-state index is 11.6. The van der Waals surface area contributed by atoms with E-state index in [-0.39, 0.29) is 5.97 Å². The Hall–Kier alpha value is -2.97. The van der Waals surface area contributed by atoms with Gasteiger partial charge in [-0.1, -0.05) is 35.9 Å². The third kappa shape index (κ3) is 3.83. The zero-order valence-electron chi connectivity index (χ0n) is 14.9. The Morgan fingerprint density at radius 1 is 1.32 bits per heavy atom. The van der Waals surface area contributed by atoms with Gasteiger partial charge in [0.2, 0.25) is 5.06 Å². The van der Waals surface area contributed by atoms with E-state index in [1.807, 2.05) is 25.1 Å². The Kier molecular flexibility index (Phi) is 5.23. The number of rotatable bonds is 6. The minimum absolute atomic E-state index is 0.264. The highest BCUT2D eigenvalue weighted by Crippen LogP contribution is 2.33. The van der Waals surface area contributed by atoms with Gasteiger partial charge in [0, 0.05) is 23.6 Å². The van der Waals surface area contributed by atoms with Crippen molar-refractivity contribution in [2.75, 3.05) is 5.32 Å². The highest BCUT2D eigenvalue weighted by Gasteiger charge is 2.13. The molecule has 0 amide bonds. The van der Waals surface area contributed by atoms with Crippen LogP contribution in [0.4, 0.5) is 10.9 Å². The number of fused-ring (bicyclic) bond motifs is 1. The molecule has 1 aromatic carbocycles. The number of hydrogen-bond acceptors (Lipinski definition) is 7. The number of halogens is 1. The summed E-state index contributed by atoms with van der Waals surface area (Å²) >= 11 is 7.51. The van der Waals surface area contributed by atoms with Crippen LogP contribution in [0.15, 0.2) is 42.7 Å². The van der Waals surface area contributed by atoms with E-state index >= 15 is 0 Å². The van der Waals surface area contributed by atoms with Gasteiger partial charge in [0.1, 0.15) is 0 Å². The lowest BCUT2D eigenvalue weighted by molar-refractivity contribution is -0.134. The molecule has 0 aliphatic heterocycles. The van der Waals surface area contributed by atoms with Crippen molar-refractivity contribution < 1.29 is 9.53 Å². The van der Waals surface area contributed by atoms with Crippen LogP contribution in [0, 0.1) is 0 Å². The minimum Gasteiger partial charge on any atom is -0.414 e. The number of hydrogen-bond donors (Lipinski definition) is 2. The fourth-order valence-corrected chi connectivity index (χ4v) is 3.60. The van der Waals surface area contributed by atoms with E-state index < -0.39 is 0 Å². The number of carbonyl (C=O) groups excluding carboxylic acids is 1. The third-order valence-electron chi connectivity index (χ3n) is 3.97. The fourth-order valence-electron chi connectivity index (χ4n) is 2.69. The second-order valence-corrected chi connectivity index (χ2v) is 7.40. The van der Waals surface area contributed by atoms with Gasteiger partial charge in [-0.2, -0.15) is 5.10 Å². The number of aromatic nitrogens is 4. The van der Waals surface area contributed by atoms with E-state index in [1.165, 1.54) is 17.5 Å². The smallest absolute Gasteiger partial charge is 0.312 e. The molecule has 0 unspecified atom stereocenters. The van der Waals surface area contributed by atoms with Gasteiger partial charge in [0.15, 0.2) is 10.9 Å². The van der Waals surface area contributed by atoms with Crippen LogP contribution in [-0.2, 0) is 4.79 Å². The standard InChI is InChI=1S/C19H16ClN5O2S/c1-2-4-15(26)27-16-10-22-19(28-16)23-18-12-9-11(6-7-14(12)24-25-18)17-13(20)5-3-8-21-17/h3,5-10H,2,4H2,1H3,(H2,22,23,24,25). The molecular weight excluding hydrogens is 398 g/mol. The van der Waals surface area contributed by atoms with E-state index in [0.717, 1.165) is 22.9 Å². The molecule has 0 radical (unpaired) electrons. The lowest BCUT2D eigenvalue weighted by atomic mass is 10.1. The third-order valence-corrected chi connectivity index (χ3v) is 5.07. The Balaban J connectivity index is 1.60. The second-order valence-electron chi connectivity index (χ2n) is 6.00. The molecule has 4 aromatic rings. The Labute approximate surface area is 169 Å². The van der Waals surface area contributed by atoms with Gasteiger partial charge in [-0.25, -0.2) is 4.98 Å². The number of nitrogens with zero attached hydrogens (tertiary/aromatic N) is 3. The van der Waals surface area contributed by atoms with Crippen LogP contribution in [0.3, 0.4) is 0 Å². The average molecular weight is 414 g/mol. The number of aromatic amines is 1. The Morgan fingerprint density at radius 3 is 3.04 bits per heavy atom. The summed E-state index contributed by atoms with van der Waals surface area (Å²) < 4.78 is 5.26. The molecule has 3 aromatic heterocycles. The quantitative estimate of drug-likeness (QED) is 0.423. The van der Waals surface area contributed by atoms with E-state index in [1.54, 1.807) is 18.3 Å². The van der Waals surface area contributed by atoms with Gasteiger partial charge < -0.3 is 10.1 Å². The Morgan fingerprint density at radius 2 is 2.21 bits per heavy atom. The molecule has 4 rings (SSSR count). The topological polar surface area (TPSA) is 92.8 Å². The number of nitrogens with one attached hydrogen (secondary N) is 2. The van der Waals surface area contributed by atoms with Crippen molar-refractivity contribution in [1.29, 1.82) is 0 Å². The first-order valence-electron chi connectivity index (χ1n) is 8.66. The van der Waals surface area contributed by atoms with Crippen LogP contribution >= 0.6 is 22.9 Å². The first-order valence-corrected chi connectivity index (χ1v) is 9.86. The molecule has 7 nitrogen and oxygen atoms in total. The van der Waals surface area contributed by atoms with Crippen molar-refractivity contribution in [2.24, 2.45) is 0 Å². The molecule has 2 N–H and O–H groups in total. The first-order chi connectivity index (χ1) is 13.6. The molecule has 0 spiro atoms. The number of esters is 1. The lowest BCUT2D eigenvalue weighted by Gasteiger charge is -2.04. The minimum atomic E-state index is -0.264. The summed E-state index contributed by atoms with van der Waals surface area (Å²) in [5.41, 5.74) is 2.46. The zero-order valence-corrected chi connectivity index (χ0v) is 16.5. The monoisotopic (exact) mass is 413 g/mol. The summed E-state index contributed by atoms with van der Waals surface area (Å²) in [5.74, 6) is 0.351. The summed E-state index contributed by atoms with van der Waals surface area (Å²) in [4.78, 5) is 20.2. The number of thiazole rings is 1. The molecule has 9 heteroatoms. The number of benzene rings is 1. The van der Waals surface area contributed by atoms with Crippen molar-refractivity contribution in [3.8, 4) is 16.3 Å². The average Bonchev–Trinajstić information content (AvgIpc) is 3.29. The molecule has 28 heavy (non-hydrogen) atoms. The molecule has 0 aliphatic rings. The SMILES string of the molecule is CCCC(=O)Oc1cnc(Nc2n[nH]c3ccc(-c4ncccc4Cl)cc23)s1. The van der Waals surface area contributed by atoms with Crippen LogP contribution in [0.2, 0.25) is 5.02 Å². The van der Waals surface area contributed by atoms with Crippen LogP contribution in [0.5, 0.6) is 5.06 Å². The van der Waals surface area contributed by atoms with Gasteiger partial charge in [0.05, 0.1) is 22.4 Å². The van der Waals surface area contributed by atoms with Crippen molar-refractivity contribution in [3.05, 3.63) is 47.7 Å². The predicted octanol–water partition coefficient (Wildman–Crippen LogP) is 5.18. The largest absolute Gasteiger partial charge is 0.414 e. The summed E-state index contributed by atoms with van der Waals surface area (Å²) in [6.45, 7) is 1.93. The molecule has 0 fully saturated rings. The predicted molar refractivity (Wildman–Crippen MR) is 110 cm³/mol. The van der Waals surface area contributed by atoms with E-state index in [0.29, 0.717) is 33.2 Å². The van der Waals surface area contributed by atoms with Crippen LogP contribution < -0.4 is 10.1 Å². The number of pyridine rings is 1. The number of carbonyl (C=O) groups is 1. The van der Waals surface area contributed by atoms with Gasteiger partial charge >= 0.3 is 5.97 Å². The maximum Gasteiger partial charge on any atom is 0.312 e. The normalized spacial score (nSPS) is 10.9. The van der Waals surface area contributed by atoms with Crippen molar-refractivity contribution in [1.82, 2.24) is 20.2 Å².